The van der Waals surface area contributed by atoms with Gasteiger partial charge in [-0.05, 0) is 61.7 Å². The number of halogens is 3. The van der Waals surface area contributed by atoms with Crippen LogP contribution in [0.15, 0.2) is 35.3 Å². The summed E-state index contributed by atoms with van der Waals surface area (Å²) in [4.78, 5) is 16.1. The molecule has 0 radical (unpaired) electrons. The zero-order valence-corrected chi connectivity index (χ0v) is 16.4. The van der Waals surface area contributed by atoms with Gasteiger partial charge < -0.3 is 14.6 Å². The molecule has 0 aliphatic carbocycles. The number of methoxy groups -OCH3 is 1. The van der Waals surface area contributed by atoms with Gasteiger partial charge in [-0.1, -0.05) is 0 Å². The summed E-state index contributed by atoms with van der Waals surface area (Å²) in [7, 11) is 1.58. The zero-order valence-electron chi connectivity index (χ0n) is 16.4. The summed E-state index contributed by atoms with van der Waals surface area (Å²) in [5.41, 5.74) is 2.56. The second-order valence-corrected chi connectivity index (χ2v) is 6.82. The van der Waals surface area contributed by atoms with E-state index in [2.05, 4.69) is 10.3 Å². The average molecular weight is 403 g/mol. The highest BCUT2D eigenvalue weighted by atomic mass is 19.2. The van der Waals surface area contributed by atoms with E-state index in [1.807, 2.05) is 26.0 Å². The fourth-order valence-corrected chi connectivity index (χ4v) is 2.98. The van der Waals surface area contributed by atoms with Crippen molar-refractivity contribution in [1.82, 2.24) is 9.55 Å². The summed E-state index contributed by atoms with van der Waals surface area (Å²) in [6, 6.07) is 5.53. The molecule has 8 heteroatoms. The molecule has 0 aliphatic rings. The first-order chi connectivity index (χ1) is 13.7. The first kappa shape index (κ1) is 20.4. The van der Waals surface area contributed by atoms with Gasteiger partial charge in [-0.2, -0.15) is 4.98 Å². The highest BCUT2D eigenvalue weighted by Crippen LogP contribution is 2.28. The minimum absolute atomic E-state index is 0.0151. The van der Waals surface area contributed by atoms with Crippen molar-refractivity contribution in [2.75, 3.05) is 12.4 Å². The van der Waals surface area contributed by atoms with E-state index in [1.54, 1.807) is 18.6 Å². The van der Waals surface area contributed by atoms with Crippen molar-refractivity contribution < 1.29 is 17.9 Å². The van der Waals surface area contributed by atoms with Gasteiger partial charge in [0.2, 0.25) is 5.95 Å². The van der Waals surface area contributed by atoms with Crippen LogP contribution < -0.4 is 15.6 Å². The number of nitrogens with one attached hydrogen (secondary N) is 1. The molecule has 0 spiro atoms. The third kappa shape index (κ3) is 4.26. The van der Waals surface area contributed by atoms with E-state index in [4.69, 9.17) is 4.74 Å². The van der Waals surface area contributed by atoms with Gasteiger partial charge in [-0.15, -0.1) is 0 Å². The lowest BCUT2D eigenvalue weighted by Gasteiger charge is -2.17. The zero-order chi connectivity index (χ0) is 21.3. The van der Waals surface area contributed by atoms with E-state index in [0.29, 0.717) is 11.3 Å². The lowest BCUT2D eigenvalue weighted by atomic mass is 10.1. The van der Waals surface area contributed by atoms with Gasteiger partial charge in [-0.3, -0.25) is 4.79 Å². The summed E-state index contributed by atoms with van der Waals surface area (Å²) in [6.07, 6.45) is 1.53. The Morgan fingerprint density at radius 3 is 2.28 bits per heavy atom. The predicted molar refractivity (Wildman–Crippen MR) is 104 cm³/mol. The topological polar surface area (TPSA) is 56.1 Å². The van der Waals surface area contributed by atoms with Crippen LogP contribution in [-0.2, 0) is 6.54 Å². The van der Waals surface area contributed by atoms with Crippen molar-refractivity contribution in [3.8, 4) is 5.75 Å². The Morgan fingerprint density at radius 1 is 1.00 bits per heavy atom. The van der Waals surface area contributed by atoms with Crippen LogP contribution in [0.3, 0.4) is 0 Å². The summed E-state index contributed by atoms with van der Waals surface area (Å²) < 4.78 is 47.3. The van der Waals surface area contributed by atoms with Gasteiger partial charge >= 0.3 is 0 Å². The molecule has 0 saturated heterocycles. The summed E-state index contributed by atoms with van der Waals surface area (Å²) in [5.74, 6) is -3.16. The molecule has 0 atom stereocenters. The van der Waals surface area contributed by atoms with Gasteiger partial charge in [0.15, 0.2) is 17.5 Å². The van der Waals surface area contributed by atoms with Crippen LogP contribution in [0.4, 0.5) is 24.8 Å². The molecule has 2 aromatic carbocycles. The second-order valence-electron chi connectivity index (χ2n) is 6.82. The van der Waals surface area contributed by atoms with Gasteiger partial charge in [-0.25, -0.2) is 13.2 Å². The fraction of sp³-hybridized carbons (Fsp3) is 0.238. The van der Waals surface area contributed by atoms with E-state index >= 15 is 0 Å². The number of ether oxygens (including phenoxy) is 1. The number of rotatable bonds is 5. The first-order valence-electron chi connectivity index (χ1n) is 8.83. The molecule has 152 valence electrons. The maximum atomic E-state index is 13.6. The number of anilines is 2. The number of nitrogens with zero attached hydrogens (tertiary/aromatic N) is 2. The van der Waals surface area contributed by atoms with Crippen LogP contribution in [0.25, 0.3) is 0 Å². The maximum Gasteiger partial charge on any atom is 0.277 e. The van der Waals surface area contributed by atoms with Crippen LogP contribution in [0.2, 0.25) is 0 Å². The molecular weight excluding hydrogens is 383 g/mol. The standard InChI is InChI=1S/C21H20F3N3O2/c1-11-6-18(29-4)12(2)5-17(11)25-21-26-20(28)13(3)9-27(21)10-14-7-15(22)19(24)16(23)8-14/h5-9H,10H2,1-4H3,(H,25,26,28). The number of benzene rings is 2. The first-order valence-corrected chi connectivity index (χ1v) is 8.83. The Morgan fingerprint density at radius 2 is 1.66 bits per heavy atom. The molecule has 1 heterocycles. The van der Waals surface area contributed by atoms with Gasteiger partial charge in [0.1, 0.15) is 5.75 Å². The predicted octanol–water partition coefficient (Wildman–Crippen LogP) is 4.39. The number of aryl methyl sites for hydroxylation is 3. The van der Waals surface area contributed by atoms with Crippen molar-refractivity contribution in [3.63, 3.8) is 0 Å². The van der Waals surface area contributed by atoms with Gasteiger partial charge in [0.05, 0.1) is 13.7 Å². The molecule has 3 rings (SSSR count). The van der Waals surface area contributed by atoms with E-state index in [0.717, 1.165) is 29.0 Å². The second kappa shape index (κ2) is 7.98. The van der Waals surface area contributed by atoms with Crippen molar-refractivity contribution in [1.29, 1.82) is 0 Å². The molecule has 0 bridgehead atoms. The van der Waals surface area contributed by atoms with E-state index in [9.17, 15) is 18.0 Å². The molecule has 0 unspecified atom stereocenters. The molecular formula is C21H20F3N3O2. The Labute approximate surface area is 165 Å². The van der Waals surface area contributed by atoms with Crippen LogP contribution >= 0.6 is 0 Å². The van der Waals surface area contributed by atoms with Crippen molar-refractivity contribution >= 4 is 11.6 Å². The highest BCUT2D eigenvalue weighted by molar-refractivity contribution is 5.62. The molecule has 0 aliphatic heterocycles. The smallest absolute Gasteiger partial charge is 0.277 e. The lowest BCUT2D eigenvalue weighted by molar-refractivity contribution is 0.411. The third-order valence-electron chi connectivity index (χ3n) is 4.55. The maximum absolute atomic E-state index is 13.6. The monoisotopic (exact) mass is 403 g/mol. The van der Waals surface area contributed by atoms with E-state index in [-0.39, 0.29) is 18.1 Å². The molecule has 0 saturated carbocycles. The molecule has 0 amide bonds. The molecule has 5 nitrogen and oxygen atoms in total. The van der Waals surface area contributed by atoms with Gasteiger partial charge in [0.25, 0.3) is 5.56 Å². The number of aromatic nitrogens is 2. The quantitative estimate of drug-likeness (QED) is 0.642. The van der Waals surface area contributed by atoms with E-state index in [1.165, 1.54) is 6.20 Å². The number of hydrogen-bond donors (Lipinski definition) is 1. The molecule has 1 N–H and O–H groups in total. The third-order valence-corrected chi connectivity index (χ3v) is 4.55. The minimum Gasteiger partial charge on any atom is -0.496 e. The van der Waals surface area contributed by atoms with Crippen molar-refractivity contribution in [2.24, 2.45) is 0 Å². The number of hydrogen-bond acceptors (Lipinski definition) is 4. The van der Waals surface area contributed by atoms with Crippen molar-refractivity contribution in [3.05, 3.63) is 80.5 Å². The Kier molecular flexibility index (Phi) is 5.63. The Bertz CT molecular complexity index is 1120. The Hall–Kier alpha value is -3.29. The summed E-state index contributed by atoms with van der Waals surface area (Å²) >= 11 is 0. The van der Waals surface area contributed by atoms with Crippen LogP contribution in [-0.4, -0.2) is 16.7 Å². The molecule has 3 aromatic rings. The largest absolute Gasteiger partial charge is 0.496 e. The molecule has 1 aromatic heterocycles. The van der Waals surface area contributed by atoms with Crippen LogP contribution in [0, 0.1) is 38.2 Å². The van der Waals surface area contributed by atoms with Gasteiger partial charge in [0, 0.05) is 17.4 Å². The normalized spacial score (nSPS) is 10.9. The highest BCUT2D eigenvalue weighted by Gasteiger charge is 2.14. The van der Waals surface area contributed by atoms with E-state index < -0.39 is 23.0 Å². The Balaban J connectivity index is 2.03. The SMILES string of the molecule is COc1cc(C)c(Nc2nc(=O)c(C)cn2Cc2cc(F)c(F)c(F)c2)cc1C. The van der Waals surface area contributed by atoms with Crippen LogP contribution in [0.1, 0.15) is 22.3 Å². The molecule has 0 fully saturated rings. The van der Waals surface area contributed by atoms with Crippen LogP contribution in [0.5, 0.6) is 5.75 Å². The fourth-order valence-electron chi connectivity index (χ4n) is 2.98. The van der Waals surface area contributed by atoms with Crippen molar-refractivity contribution in [2.45, 2.75) is 27.3 Å². The molecule has 29 heavy (non-hydrogen) atoms. The minimum atomic E-state index is -1.52. The average Bonchev–Trinajstić information content (AvgIpc) is 2.66. The summed E-state index contributed by atoms with van der Waals surface area (Å²) in [5, 5.41) is 3.10. The lowest BCUT2D eigenvalue weighted by Crippen LogP contribution is -2.19. The summed E-state index contributed by atoms with van der Waals surface area (Å²) in [6.45, 7) is 5.32.